The summed E-state index contributed by atoms with van der Waals surface area (Å²) in [5.41, 5.74) is 8.13. The average Bonchev–Trinajstić information content (AvgIpc) is 2.51. The van der Waals surface area contributed by atoms with Crippen molar-refractivity contribution in [1.29, 1.82) is 0 Å². The lowest BCUT2D eigenvalue weighted by Gasteiger charge is -1.92. The summed E-state index contributed by atoms with van der Waals surface area (Å²) in [5.74, 6) is -0.936. The molecule has 1 aromatic heterocycles. The monoisotopic (exact) mass is 185 g/mol. The third kappa shape index (κ3) is 1.76. The SMILES string of the molecule is CON=C(C([NH])=O)c1nncs1. The molecule has 0 spiro atoms. The number of aromatic nitrogens is 2. The molecule has 1 aromatic rings. The minimum absolute atomic E-state index is 0.125. The maximum Gasteiger partial charge on any atom is 0.294 e. The molecule has 0 saturated carbocycles. The van der Waals surface area contributed by atoms with Crippen LogP contribution in [-0.4, -0.2) is 28.9 Å². The fourth-order valence-electron chi connectivity index (χ4n) is 0.545. The zero-order chi connectivity index (χ0) is 8.97. The normalized spacial score (nSPS) is 11.2. The van der Waals surface area contributed by atoms with Crippen LogP contribution < -0.4 is 5.73 Å². The van der Waals surface area contributed by atoms with Crippen LogP contribution >= 0.6 is 11.3 Å². The first kappa shape index (κ1) is 8.60. The lowest BCUT2D eigenvalue weighted by atomic mass is 10.4. The van der Waals surface area contributed by atoms with E-state index in [-0.39, 0.29) is 10.7 Å². The van der Waals surface area contributed by atoms with Gasteiger partial charge in [-0.3, -0.25) is 10.5 Å². The van der Waals surface area contributed by atoms with E-state index in [9.17, 15) is 4.79 Å². The molecule has 0 unspecified atom stereocenters. The van der Waals surface area contributed by atoms with Crippen LogP contribution in [0.5, 0.6) is 0 Å². The van der Waals surface area contributed by atoms with Gasteiger partial charge in [0.1, 0.15) is 12.6 Å². The van der Waals surface area contributed by atoms with Gasteiger partial charge in [0.05, 0.1) is 0 Å². The molecule has 12 heavy (non-hydrogen) atoms. The summed E-state index contributed by atoms with van der Waals surface area (Å²) in [6.07, 6.45) is 0. The molecule has 1 heterocycles. The fraction of sp³-hybridized carbons (Fsp3) is 0.200. The first-order valence-electron chi connectivity index (χ1n) is 2.89. The zero-order valence-corrected chi connectivity index (χ0v) is 6.96. The Labute approximate surface area is 72.0 Å². The number of nitrogens with zero attached hydrogens (tertiary/aromatic N) is 3. The summed E-state index contributed by atoms with van der Waals surface area (Å²) < 4.78 is 0. The van der Waals surface area contributed by atoms with Crippen LogP contribution in [0, 0.1) is 0 Å². The van der Waals surface area contributed by atoms with E-state index in [0.29, 0.717) is 0 Å². The van der Waals surface area contributed by atoms with E-state index in [4.69, 9.17) is 5.73 Å². The molecule has 1 N–H and O–H groups in total. The molecule has 6 nitrogen and oxygen atoms in total. The van der Waals surface area contributed by atoms with Crippen molar-refractivity contribution in [1.82, 2.24) is 15.9 Å². The van der Waals surface area contributed by atoms with E-state index in [1.54, 1.807) is 0 Å². The number of hydrogen-bond donors (Lipinski definition) is 0. The Bertz CT molecular complexity index is 294. The predicted octanol–water partition coefficient (Wildman–Crippen LogP) is -0.302. The molecule has 1 radical (unpaired) electrons. The summed E-state index contributed by atoms with van der Waals surface area (Å²) in [6.45, 7) is 0. The Morgan fingerprint density at radius 2 is 2.58 bits per heavy atom. The number of carbonyl (C=O) groups is 1. The lowest BCUT2D eigenvalue weighted by molar-refractivity contribution is -0.112. The zero-order valence-electron chi connectivity index (χ0n) is 6.14. The van der Waals surface area contributed by atoms with Crippen LogP contribution in [0.3, 0.4) is 0 Å². The second-order valence-corrected chi connectivity index (χ2v) is 2.53. The quantitative estimate of drug-likeness (QED) is 0.477. The van der Waals surface area contributed by atoms with Gasteiger partial charge in [0.15, 0.2) is 5.01 Å². The highest BCUT2D eigenvalue weighted by Gasteiger charge is 2.15. The van der Waals surface area contributed by atoms with Crippen LogP contribution in [0.25, 0.3) is 0 Å². The minimum atomic E-state index is -0.936. The predicted molar refractivity (Wildman–Crippen MR) is 41.6 cm³/mol. The number of carbonyl (C=O) groups excluding carboxylic acids is 1. The second kappa shape index (κ2) is 3.77. The Morgan fingerprint density at radius 3 is 3.00 bits per heavy atom. The summed E-state index contributed by atoms with van der Waals surface area (Å²) in [4.78, 5) is 15.0. The summed E-state index contributed by atoms with van der Waals surface area (Å²) in [7, 11) is 1.30. The van der Waals surface area contributed by atoms with Gasteiger partial charge in [-0.15, -0.1) is 10.2 Å². The van der Waals surface area contributed by atoms with Gasteiger partial charge in [-0.1, -0.05) is 16.5 Å². The molecule has 0 bridgehead atoms. The van der Waals surface area contributed by atoms with Crippen molar-refractivity contribution in [2.24, 2.45) is 5.16 Å². The molecular formula is C5H5N4O2S. The Hall–Kier alpha value is -1.50. The van der Waals surface area contributed by atoms with Gasteiger partial charge >= 0.3 is 0 Å². The summed E-state index contributed by atoms with van der Waals surface area (Å²) >= 11 is 1.13. The topological polar surface area (TPSA) is 88.2 Å². The van der Waals surface area contributed by atoms with Crippen molar-refractivity contribution < 1.29 is 9.63 Å². The second-order valence-electron chi connectivity index (χ2n) is 1.70. The molecule has 0 aliphatic rings. The number of rotatable bonds is 3. The summed E-state index contributed by atoms with van der Waals surface area (Å²) in [5, 5.41) is 10.7. The van der Waals surface area contributed by atoms with Crippen molar-refractivity contribution in [3.8, 4) is 0 Å². The van der Waals surface area contributed by atoms with Gasteiger partial charge in [-0.2, -0.15) is 0 Å². The van der Waals surface area contributed by atoms with E-state index in [2.05, 4.69) is 20.2 Å². The van der Waals surface area contributed by atoms with E-state index < -0.39 is 5.91 Å². The fourth-order valence-corrected chi connectivity index (χ4v) is 1.08. The smallest absolute Gasteiger partial charge is 0.294 e. The maximum atomic E-state index is 10.6. The molecule has 0 saturated heterocycles. The van der Waals surface area contributed by atoms with Crippen LogP contribution in [0.4, 0.5) is 0 Å². The van der Waals surface area contributed by atoms with E-state index >= 15 is 0 Å². The van der Waals surface area contributed by atoms with Crippen molar-refractivity contribution in [2.75, 3.05) is 7.11 Å². The Morgan fingerprint density at radius 1 is 1.83 bits per heavy atom. The number of hydrogen-bond acceptors (Lipinski definition) is 6. The highest BCUT2D eigenvalue weighted by molar-refractivity contribution is 7.12. The van der Waals surface area contributed by atoms with Gasteiger partial charge in [0.25, 0.3) is 5.91 Å². The molecule has 0 aliphatic carbocycles. The van der Waals surface area contributed by atoms with Gasteiger partial charge in [0.2, 0.25) is 5.71 Å². The van der Waals surface area contributed by atoms with Crippen LogP contribution in [0.1, 0.15) is 5.01 Å². The molecule has 0 atom stereocenters. The number of oxime groups is 1. The molecular weight excluding hydrogens is 180 g/mol. The number of amides is 1. The maximum absolute atomic E-state index is 10.6. The Balaban J connectivity index is 2.96. The molecule has 7 heteroatoms. The van der Waals surface area contributed by atoms with Crippen molar-refractivity contribution in [3.63, 3.8) is 0 Å². The standard InChI is InChI=1S/C5H5N4O2S/c1-11-9-3(4(6)10)5-8-7-2-12-5/h2,6H,1H3. The molecule has 1 amide bonds. The molecule has 0 aromatic carbocycles. The third-order valence-electron chi connectivity index (χ3n) is 0.960. The largest absolute Gasteiger partial charge is 0.398 e. The van der Waals surface area contributed by atoms with Gasteiger partial charge in [-0.05, 0) is 0 Å². The first-order chi connectivity index (χ1) is 5.75. The van der Waals surface area contributed by atoms with Crippen molar-refractivity contribution in [3.05, 3.63) is 10.5 Å². The van der Waals surface area contributed by atoms with Gasteiger partial charge in [-0.25, -0.2) is 0 Å². The van der Waals surface area contributed by atoms with Crippen molar-refractivity contribution in [2.45, 2.75) is 0 Å². The highest BCUT2D eigenvalue weighted by atomic mass is 32.1. The lowest BCUT2D eigenvalue weighted by Crippen LogP contribution is -2.16. The molecule has 0 aliphatic heterocycles. The van der Waals surface area contributed by atoms with Crippen LogP contribution in [0.2, 0.25) is 0 Å². The van der Waals surface area contributed by atoms with Crippen LogP contribution in [-0.2, 0) is 9.63 Å². The van der Waals surface area contributed by atoms with E-state index in [1.807, 2.05) is 0 Å². The number of nitrogens with one attached hydrogen (secondary N) is 1. The van der Waals surface area contributed by atoms with E-state index in [1.165, 1.54) is 12.6 Å². The summed E-state index contributed by atoms with van der Waals surface area (Å²) in [6, 6.07) is 0. The average molecular weight is 185 g/mol. The molecule has 0 fully saturated rings. The molecule has 63 valence electrons. The minimum Gasteiger partial charge on any atom is -0.398 e. The first-order valence-corrected chi connectivity index (χ1v) is 3.77. The third-order valence-corrected chi connectivity index (χ3v) is 1.66. The Kier molecular flexibility index (Phi) is 2.70. The van der Waals surface area contributed by atoms with Crippen molar-refractivity contribution >= 4 is 23.0 Å². The van der Waals surface area contributed by atoms with Gasteiger partial charge < -0.3 is 4.84 Å². The molecule has 1 rings (SSSR count). The van der Waals surface area contributed by atoms with E-state index in [0.717, 1.165) is 11.3 Å². The highest BCUT2D eigenvalue weighted by Crippen LogP contribution is 2.03. The van der Waals surface area contributed by atoms with Crippen LogP contribution in [0.15, 0.2) is 10.7 Å². The van der Waals surface area contributed by atoms with Gasteiger partial charge in [0, 0.05) is 0 Å².